The summed E-state index contributed by atoms with van der Waals surface area (Å²) in [4.78, 5) is 3.99. The first-order chi connectivity index (χ1) is 9.22. The zero-order valence-electron chi connectivity index (χ0n) is 11.1. The van der Waals surface area contributed by atoms with Crippen LogP contribution in [0.2, 0.25) is 0 Å². The Bertz CT molecular complexity index is 561. The van der Waals surface area contributed by atoms with Crippen LogP contribution in [0, 0.1) is 0 Å². The summed E-state index contributed by atoms with van der Waals surface area (Å²) in [5.74, 6) is 0. The summed E-state index contributed by atoms with van der Waals surface area (Å²) < 4.78 is 0. The Hall–Kier alpha value is -2.64. The average Bonchev–Trinajstić information content (AvgIpc) is 2.47. The molecule has 0 bridgehead atoms. The third kappa shape index (κ3) is 3.41. The maximum atomic E-state index is 4.46. The van der Waals surface area contributed by atoms with Crippen LogP contribution < -0.4 is 5.01 Å². The van der Waals surface area contributed by atoms with E-state index in [1.54, 1.807) is 23.5 Å². The van der Waals surface area contributed by atoms with Crippen LogP contribution in [0.4, 0.5) is 5.69 Å². The molecule has 0 amide bonds. The lowest BCUT2D eigenvalue weighted by Gasteiger charge is -2.22. The van der Waals surface area contributed by atoms with Gasteiger partial charge in [0.1, 0.15) is 0 Å². The van der Waals surface area contributed by atoms with Gasteiger partial charge in [0, 0.05) is 24.7 Å². The van der Waals surface area contributed by atoms with Gasteiger partial charge in [-0.3, -0.25) is 4.98 Å². The molecule has 3 nitrogen and oxygen atoms in total. The Morgan fingerprint density at radius 1 is 1.26 bits per heavy atom. The van der Waals surface area contributed by atoms with Crippen molar-refractivity contribution in [3.8, 4) is 0 Å². The highest BCUT2D eigenvalue weighted by atomic mass is 15.5. The number of aromatic nitrogens is 1. The number of rotatable bonds is 2. The molecule has 0 spiro atoms. The molecule has 19 heavy (non-hydrogen) atoms. The van der Waals surface area contributed by atoms with Crippen molar-refractivity contribution in [3.05, 3.63) is 80.0 Å². The first kappa shape index (κ1) is 14.4. The lowest BCUT2D eigenvalue weighted by molar-refractivity contribution is 1.04. The predicted molar refractivity (Wildman–Crippen MR) is 82.0 cm³/mol. The third-order valence-corrected chi connectivity index (χ3v) is 2.48. The highest BCUT2D eigenvalue weighted by Crippen LogP contribution is 2.23. The molecule has 0 aromatic carbocycles. The summed E-state index contributed by atoms with van der Waals surface area (Å²) in [6, 6.07) is 3.80. The van der Waals surface area contributed by atoms with E-state index in [0.29, 0.717) is 0 Å². The van der Waals surface area contributed by atoms with Crippen molar-refractivity contribution >= 4 is 11.4 Å². The van der Waals surface area contributed by atoms with E-state index in [1.165, 1.54) is 0 Å². The highest BCUT2D eigenvalue weighted by Gasteiger charge is 2.14. The molecule has 0 fully saturated rings. The van der Waals surface area contributed by atoms with Crippen molar-refractivity contribution in [3.63, 3.8) is 0 Å². The summed E-state index contributed by atoms with van der Waals surface area (Å²) >= 11 is 0. The molecule has 0 saturated carbocycles. The largest absolute Gasteiger partial charge is 0.265 e. The molecular weight excluding hydrogens is 234 g/mol. The van der Waals surface area contributed by atoms with Crippen LogP contribution in [-0.2, 0) is 0 Å². The number of pyridine rings is 1. The Morgan fingerprint density at radius 2 is 1.89 bits per heavy atom. The Balaban J connectivity index is 0.000000861. The van der Waals surface area contributed by atoms with Gasteiger partial charge in [-0.2, -0.15) is 5.10 Å². The topological polar surface area (TPSA) is 28.5 Å². The van der Waals surface area contributed by atoms with Gasteiger partial charge in [0.25, 0.3) is 0 Å². The molecule has 1 aliphatic rings. The molecular formula is C16H17N3. The van der Waals surface area contributed by atoms with Crippen molar-refractivity contribution in [2.75, 3.05) is 5.01 Å². The maximum Gasteiger partial charge on any atom is 0.0986 e. The summed E-state index contributed by atoms with van der Waals surface area (Å²) in [5, 5.41) is 6.26. The van der Waals surface area contributed by atoms with E-state index in [9.17, 15) is 0 Å². The lowest BCUT2D eigenvalue weighted by Crippen LogP contribution is -2.18. The molecule has 1 aliphatic heterocycles. The number of hydrogen-bond acceptors (Lipinski definition) is 3. The summed E-state index contributed by atoms with van der Waals surface area (Å²) in [6.45, 7) is 15.5. The molecule has 0 atom stereocenters. The van der Waals surface area contributed by atoms with Crippen molar-refractivity contribution in [1.29, 1.82) is 0 Å². The van der Waals surface area contributed by atoms with E-state index in [2.05, 4.69) is 42.1 Å². The molecule has 0 saturated heterocycles. The number of anilines is 1. The number of nitrogens with zero attached hydrogens (tertiary/aromatic N) is 3. The molecule has 2 rings (SSSR count). The van der Waals surface area contributed by atoms with E-state index in [-0.39, 0.29) is 0 Å². The van der Waals surface area contributed by atoms with Crippen molar-refractivity contribution in [1.82, 2.24) is 4.98 Å². The van der Waals surface area contributed by atoms with Gasteiger partial charge < -0.3 is 0 Å². The summed E-state index contributed by atoms with van der Waals surface area (Å²) in [7, 11) is 0. The van der Waals surface area contributed by atoms with Crippen molar-refractivity contribution in [2.45, 2.75) is 6.92 Å². The Kier molecular flexibility index (Phi) is 5.27. The fourth-order valence-electron chi connectivity index (χ4n) is 1.51. The van der Waals surface area contributed by atoms with Gasteiger partial charge in [0.15, 0.2) is 0 Å². The quantitative estimate of drug-likeness (QED) is 0.590. The molecule has 2 heterocycles. The van der Waals surface area contributed by atoms with E-state index in [0.717, 1.165) is 22.5 Å². The van der Waals surface area contributed by atoms with Gasteiger partial charge in [-0.25, -0.2) is 5.01 Å². The van der Waals surface area contributed by atoms with E-state index in [4.69, 9.17) is 0 Å². The second-order valence-corrected chi connectivity index (χ2v) is 3.67. The number of hydrogen-bond donors (Lipinski definition) is 0. The zero-order valence-corrected chi connectivity index (χ0v) is 11.1. The van der Waals surface area contributed by atoms with Gasteiger partial charge in [-0.15, -0.1) is 18.9 Å². The second-order valence-electron chi connectivity index (χ2n) is 3.67. The van der Waals surface area contributed by atoms with Gasteiger partial charge in [0.2, 0.25) is 0 Å². The first-order valence-corrected chi connectivity index (χ1v) is 5.74. The predicted octanol–water partition coefficient (Wildman–Crippen LogP) is 3.86. The molecule has 0 N–H and O–H groups in total. The van der Waals surface area contributed by atoms with Crippen molar-refractivity contribution < 1.29 is 0 Å². The standard InChI is InChI=1S/C14H13N3.C2H4/c1-4-5-14-12(3)11(2)10-17(16-14)13-6-8-15-9-7-13;1-2/h5-10H,1,3H2,2H3;1-2H2. The van der Waals surface area contributed by atoms with Gasteiger partial charge >= 0.3 is 0 Å². The minimum Gasteiger partial charge on any atom is -0.265 e. The van der Waals surface area contributed by atoms with Crippen molar-refractivity contribution in [2.24, 2.45) is 5.10 Å². The Labute approximate surface area is 114 Å². The van der Waals surface area contributed by atoms with Gasteiger partial charge in [-0.1, -0.05) is 13.2 Å². The molecule has 0 unspecified atom stereocenters. The average molecular weight is 251 g/mol. The highest BCUT2D eigenvalue weighted by molar-refractivity contribution is 6.12. The fraction of sp³-hybridized carbons (Fsp3) is 0.0625. The lowest BCUT2D eigenvalue weighted by atomic mass is 10.0. The monoisotopic (exact) mass is 251 g/mol. The molecule has 0 radical (unpaired) electrons. The van der Waals surface area contributed by atoms with Crippen LogP contribution in [0.1, 0.15) is 6.92 Å². The summed E-state index contributed by atoms with van der Waals surface area (Å²) in [6.07, 6.45) is 7.14. The fourth-order valence-corrected chi connectivity index (χ4v) is 1.51. The normalized spacial score (nSPS) is 13.5. The minimum atomic E-state index is 0.775. The minimum absolute atomic E-state index is 0.775. The van der Waals surface area contributed by atoms with E-state index in [1.807, 2.05) is 25.3 Å². The first-order valence-electron chi connectivity index (χ1n) is 5.74. The Morgan fingerprint density at radius 3 is 2.47 bits per heavy atom. The molecule has 96 valence electrons. The molecule has 0 aliphatic carbocycles. The smallest absolute Gasteiger partial charge is 0.0986 e. The van der Waals surface area contributed by atoms with Crippen LogP contribution in [0.5, 0.6) is 0 Å². The number of allylic oxidation sites excluding steroid dienone is 3. The van der Waals surface area contributed by atoms with E-state index >= 15 is 0 Å². The zero-order chi connectivity index (χ0) is 14.3. The second kappa shape index (κ2) is 6.94. The number of hydrazone groups is 1. The maximum absolute atomic E-state index is 4.46. The van der Waals surface area contributed by atoms with Crippen LogP contribution >= 0.6 is 0 Å². The SMILES string of the molecule is C=C.C=C=CC1=NN(c2ccncc2)C=C(C)C1=C. The van der Waals surface area contributed by atoms with Crippen LogP contribution in [-0.4, -0.2) is 10.7 Å². The molecule has 1 aromatic rings. The van der Waals surface area contributed by atoms with Gasteiger partial charge in [-0.05, 0) is 30.2 Å². The third-order valence-electron chi connectivity index (χ3n) is 2.48. The van der Waals surface area contributed by atoms with Crippen LogP contribution in [0.3, 0.4) is 0 Å². The summed E-state index contributed by atoms with van der Waals surface area (Å²) in [5.41, 5.74) is 6.43. The van der Waals surface area contributed by atoms with E-state index < -0.39 is 0 Å². The van der Waals surface area contributed by atoms with Gasteiger partial charge in [0.05, 0.1) is 11.4 Å². The van der Waals surface area contributed by atoms with Crippen LogP contribution in [0.15, 0.2) is 85.1 Å². The van der Waals surface area contributed by atoms with Crippen LogP contribution in [0.25, 0.3) is 0 Å². The molecule has 1 aromatic heterocycles. The molecule has 3 heteroatoms.